The molecule has 2 aromatic rings. The molecule has 0 radical (unpaired) electrons. The topological polar surface area (TPSA) is 69.2 Å². The van der Waals surface area contributed by atoms with Crippen molar-refractivity contribution in [2.75, 3.05) is 51.8 Å². The highest BCUT2D eigenvalue weighted by Gasteiger charge is 2.20. The first-order valence-electron chi connectivity index (χ1n) is 11.4. The van der Waals surface area contributed by atoms with Crippen molar-refractivity contribution in [3.63, 3.8) is 0 Å². The Morgan fingerprint density at radius 2 is 1.67 bits per heavy atom. The maximum absolute atomic E-state index is 12.1. The molecule has 0 aromatic heterocycles. The Bertz CT molecular complexity index is 879. The summed E-state index contributed by atoms with van der Waals surface area (Å²) in [7, 11) is 3.51. The zero-order chi connectivity index (χ0) is 22.8. The lowest BCUT2D eigenvalue weighted by Crippen LogP contribution is -2.52. The number of nitrogens with zero attached hydrogens (tertiary/aromatic N) is 3. The van der Waals surface area contributed by atoms with Gasteiger partial charge in [0.15, 0.2) is 5.96 Å². The summed E-state index contributed by atoms with van der Waals surface area (Å²) in [6.45, 7) is 7.20. The molecule has 0 bridgehead atoms. The summed E-state index contributed by atoms with van der Waals surface area (Å²) in [5.41, 5.74) is 3.03. The van der Waals surface area contributed by atoms with Crippen molar-refractivity contribution in [1.29, 1.82) is 0 Å². The van der Waals surface area contributed by atoms with Gasteiger partial charge < -0.3 is 25.2 Å². The van der Waals surface area contributed by atoms with Gasteiger partial charge in [0, 0.05) is 57.6 Å². The highest BCUT2D eigenvalue weighted by molar-refractivity contribution is 14.0. The van der Waals surface area contributed by atoms with E-state index in [1.54, 1.807) is 7.11 Å². The molecule has 0 aliphatic carbocycles. The van der Waals surface area contributed by atoms with Crippen LogP contribution in [0.5, 0.6) is 5.75 Å². The van der Waals surface area contributed by atoms with Crippen LogP contribution in [0.3, 0.4) is 0 Å². The molecule has 0 saturated carbocycles. The number of anilines is 1. The highest BCUT2D eigenvalue weighted by atomic mass is 127. The molecule has 1 saturated heterocycles. The number of hydrogen-bond donors (Lipinski definition) is 2. The number of amides is 1. The predicted molar refractivity (Wildman–Crippen MR) is 146 cm³/mol. The fourth-order valence-corrected chi connectivity index (χ4v) is 3.74. The summed E-state index contributed by atoms with van der Waals surface area (Å²) >= 11 is 0. The fourth-order valence-electron chi connectivity index (χ4n) is 3.74. The molecule has 7 nitrogen and oxygen atoms in total. The second-order valence-electron chi connectivity index (χ2n) is 7.88. The van der Waals surface area contributed by atoms with E-state index < -0.39 is 0 Å². The molecule has 180 valence electrons. The number of halogens is 1. The minimum absolute atomic E-state index is 0. The molecule has 8 heteroatoms. The number of nitrogens with one attached hydrogen (secondary N) is 2. The van der Waals surface area contributed by atoms with Crippen molar-refractivity contribution in [2.45, 2.75) is 26.3 Å². The van der Waals surface area contributed by atoms with Crippen LogP contribution in [0.2, 0.25) is 0 Å². The SMILES string of the molecule is CCCCNC(=O)c1ccc(CNC(=NC)N2CCN(c3ccc(OC)cc3)CC2)cc1.I. The van der Waals surface area contributed by atoms with E-state index in [1.165, 1.54) is 5.69 Å². The summed E-state index contributed by atoms with van der Waals surface area (Å²) in [6, 6.07) is 16.0. The van der Waals surface area contributed by atoms with Crippen LogP contribution in [-0.2, 0) is 6.54 Å². The molecule has 1 fully saturated rings. The third kappa shape index (κ3) is 7.80. The number of benzene rings is 2. The van der Waals surface area contributed by atoms with E-state index in [4.69, 9.17) is 4.74 Å². The summed E-state index contributed by atoms with van der Waals surface area (Å²) in [4.78, 5) is 21.3. The molecular weight excluding hydrogens is 529 g/mol. The van der Waals surface area contributed by atoms with Crippen molar-refractivity contribution in [1.82, 2.24) is 15.5 Å². The third-order valence-corrected chi connectivity index (χ3v) is 5.71. The van der Waals surface area contributed by atoms with Gasteiger partial charge >= 0.3 is 0 Å². The molecule has 1 aliphatic rings. The Labute approximate surface area is 214 Å². The maximum Gasteiger partial charge on any atom is 0.251 e. The molecule has 1 aliphatic heterocycles. The molecule has 33 heavy (non-hydrogen) atoms. The van der Waals surface area contributed by atoms with Gasteiger partial charge in [0.2, 0.25) is 0 Å². The second kappa shape index (κ2) is 13.9. The van der Waals surface area contributed by atoms with Crippen LogP contribution in [-0.4, -0.2) is 63.6 Å². The number of methoxy groups -OCH3 is 1. The average molecular weight is 566 g/mol. The number of aliphatic imine (C=N–C) groups is 1. The highest BCUT2D eigenvalue weighted by Crippen LogP contribution is 2.20. The third-order valence-electron chi connectivity index (χ3n) is 5.71. The van der Waals surface area contributed by atoms with Gasteiger partial charge in [0.25, 0.3) is 5.91 Å². The molecule has 0 atom stereocenters. The summed E-state index contributed by atoms with van der Waals surface area (Å²) in [5.74, 6) is 1.77. The number of unbranched alkanes of at least 4 members (excludes halogenated alkanes) is 1. The van der Waals surface area contributed by atoms with Crippen molar-refractivity contribution in [3.05, 3.63) is 59.7 Å². The molecule has 0 unspecified atom stereocenters. The first-order chi connectivity index (χ1) is 15.6. The van der Waals surface area contributed by atoms with Gasteiger partial charge in [-0.25, -0.2) is 0 Å². The van der Waals surface area contributed by atoms with E-state index in [-0.39, 0.29) is 29.9 Å². The van der Waals surface area contributed by atoms with E-state index in [1.807, 2.05) is 43.4 Å². The Hall–Kier alpha value is -2.49. The Morgan fingerprint density at radius 3 is 2.24 bits per heavy atom. The van der Waals surface area contributed by atoms with E-state index in [0.29, 0.717) is 12.1 Å². The number of ether oxygens (including phenoxy) is 1. The van der Waals surface area contributed by atoms with Crippen LogP contribution >= 0.6 is 24.0 Å². The zero-order valence-electron chi connectivity index (χ0n) is 19.8. The van der Waals surface area contributed by atoms with Crippen molar-refractivity contribution >= 4 is 41.5 Å². The summed E-state index contributed by atoms with van der Waals surface area (Å²) in [6.07, 6.45) is 2.07. The van der Waals surface area contributed by atoms with Gasteiger partial charge in [0.1, 0.15) is 5.75 Å². The van der Waals surface area contributed by atoms with E-state index in [9.17, 15) is 4.79 Å². The number of guanidine groups is 1. The van der Waals surface area contributed by atoms with E-state index >= 15 is 0 Å². The van der Waals surface area contributed by atoms with Crippen LogP contribution in [0.15, 0.2) is 53.5 Å². The van der Waals surface area contributed by atoms with Crippen LogP contribution in [0.1, 0.15) is 35.7 Å². The Balaban J connectivity index is 0.00000385. The normalized spacial score (nSPS) is 13.8. The van der Waals surface area contributed by atoms with Gasteiger partial charge in [-0.15, -0.1) is 24.0 Å². The van der Waals surface area contributed by atoms with Crippen molar-refractivity contribution in [2.24, 2.45) is 4.99 Å². The number of rotatable bonds is 8. The number of carbonyl (C=O) groups is 1. The first kappa shape index (κ1) is 26.8. The van der Waals surface area contributed by atoms with Crippen LogP contribution in [0.25, 0.3) is 0 Å². The molecule has 0 spiro atoms. The largest absolute Gasteiger partial charge is 0.497 e. The van der Waals surface area contributed by atoms with Crippen molar-refractivity contribution < 1.29 is 9.53 Å². The molecule has 1 amide bonds. The van der Waals surface area contributed by atoms with Gasteiger partial charge in [-0.3, -0.25) is 9.79 Å². The summed E-state index contributed by atoms with van der Waals surface area (Å²) < 4.78 is 5.25. The Morgan fingerprint density at radius 1 is 1.00 bits per heavy atom. The van der Waals surface area contributed by atoms with Gasteiger partial charge in [-0.05, 0) is 48.4 Å². The van der Waals surface area contributed by atoms with Crippen LogP contribution < -0.4 is 20.3 Å². The van der Waals surface area contributed by atoms with E-state index in [0.717, 1.165) is 62.8 Å². The number of carbonyl (C=O) groups excluding carboxylic acids is 1. The lowest BCUT2D eigenvalue weighted by molar-refractivity contribution is 0.0953. The maximum atomic E-state index is 12.1. The quantitative estimate of drug-likeness (QED) is 0.221. The monoisotopic (exact) mass is 565 g/mol. The van der Waals surface area contributed by atoms with E-state index in [2.05, 4.69) is 44.5 Å². The van der Waals surface area contributed by atoms with Crippen LogP contribution in [0, 0.1) is 0 Å². The molecule has 2 N–H and O–H groups in total. The number of hydrogen-bond acceptors (Lipinski definition) is 4. The summed E-state index contributed by atoms with van der Waals surface area (Å²) in [5, 5.41) is 6.41. The van der Waals surface area contributed by atoms with Crippen molar-refractivity contribution in [3.8, 4) is 5.75 Å². The minimum atomic E-state index is -0.0106. The molecular formula is C25H36IN5O2. The smallest absolute Gasteiger partial charge is 0.251 e. The Kier molecular flexibility index (Phi) is 11.3. The molecule has 2 aromatic carbocycles. The minimum Gasteiger partial charge on any atom is -0.497 e. The predicted octanol–water partition coefficient (Wildman–Crippen LogP) is 3.74. The number of piperazine rings is 1. The fraction of sp³-hybridized carbons (Fsp3) is 0.440. The van der Waals surface area contributed by atoms with Crippen LogP contribution in [0.4, 0.5) is 5.69 Å². The lowest BCUT2D eigenvalue weighted by Gasteiger charge is -2.37. The second-order valence-corrected chi connectivity index (χ2v) is 7.88. The average Bonchev–Trinajstić information content (AvgIpc) is 2.85. The zero-order valence-corrected chi connectivity index (χ0v) is 22.2. The lowest BCUT2D eigenvalue weighted by atomic mass is 10.1. The van der Waals surface area contributed by atoms with Gasteiger partial charge in [-0.1, -0.05) is 25.5 Å². The molecule has 1 heterocycles. The van der Waals surface area contributed by atoms with Gasteiger partial charge in [0.05, 0.1) is 7.11 Å². The standard InChI is InChI=1S/C25H35N5O2.HI/c1-4-5-14-27-24(31)21-8-6-20(7-9-21)19-28-25(26-2)30-17-15-29(16-18-30)22-10-12-23(32-3)13-11-22;/h6-13H,4-5,14-19H2,1-3H3,(H,26,28)(H,27,31);1H. The van der Waals surface area contributed by atoms with Gasteiger partial charge in [-0.2, -0.15) is 0 Å². The first-order valence-corrected chi connectivity index (χ1v) is 11.4. The molecule has 3 rings (SSSR count).